The lowest BCUT2D eigenvalue weighted by Gasteiger charge is -2.07. The molecule has 1 heterocycles. The third-order valence-corrected chi connectivity index (χ3v) is 2.59. The highest BCUT2D eigenvalue weighted by Gasteiger charge is 2.17. The van der Waals surface area contributed by atoms with Gasteiger partial charge in [0.2, 0.25) is 5.76 Å². The molecule has 0 aliphatic rings. The van der Waals surface area contributed by atoms with E-state index in [-0.39, 0.29) is 5.76 Å². The molecule has 0 saturated heterocycles. The van der Waals surface area contributed by atoms with Gasteiger partial charge in [-0.05, 0) is 31.2 Å². The lowest BCUT2D eigenvalue weighted by molar-refractivity contribution is -0.119. The summed E-state index contributed by atoms with van der Waals surface area (Å²) in [6.07, 6.45) is 0. The molecule has 1 aromatic heterocycles. The number of esters is 1. The van der Waals surface area contributed by atoms with E-state index in [1.54, 1.807) is 6.92 Å². The molecule has 2 rings (SSSR count). The van der Waals surface area contributed by atoms with E-state index in [1.165, 1.54) is 12.1 Å². The second-order valence-corrected chi connectivity index (χ2v) is 4.26. The van der Waals surface area contributed by atoms with Gasteiger partial charge in [0.05, 0.1) is 5.69 Å². The maximum absolute atomic E-state index is 13.3. The van der Waals surface area contributed by atoms with Crippen molar-refractivity contribution < 1.29 is 31.9 Å². The highest BCUT2D eigenvalue weighted by atomic mass is 19.2. The number of hydrogen-bond donors (Lipinski definition) is 1. The smallest absolute Gasteiger partial charge is 0.374 e. The lowest BCUT2D eigenvalue weighted by atomic mass is 10.3. The SMILES string of the molecule is Cc1ccc(C(=O)OCC(=O)Nc2ccc(F)c(F)c2F)o1. The fourth-order valence-corrected chi connectivity index (χ4v) is 1.56. The quantitative estimate of drug-likeness (QED) is 0.696. The highest BCUT2D eigenvalue weighted by molar-refractivity contribution is 5.94. The summed E-state index contributed by atoms with van der Waals surface area (Å²) >= 11 is 0. The molecule has 0 fully saturated rings. The minimum absolute atomic E-state index is 0.0932. The van der Waals surface area contributed by atoms with E-state index >= 15 is 0 Å². The van der Waals surface area contributed by atoms with E-state index in [2.05, 4.69) is 4.74 Å². The highest BCUT2D eigenvalue weighted by Crippen LogP contribution is 2.19. The summed E-state index contributed by atoms with van der Waals surface area (Å²) in [6.45, 7) is 0.881. The average Bonchev–Trinajstić information content (AvgIpc) is 2.92. The minimum Gasteiger partial charge on any atom is -0.454 e. The van der Waals surface area contributed by atoms with Gasteiger partial charge < -0.3 is 14.5 Å². The molecule has 0 spiro atoms. The Morgan fingerprint density at radius 1 is 1.14 bits per heavy atom. The van der Waals surface area contributed by atoms with Crippen molar-refractivity contribution in [3.8, 4) is 0 Å². The van der Waals surface area contributed by atoms with Gasteiger partial charge in [-0.25, -0.2) is 18.0 Å². The second-order valence-electron chi connectivity index (χ2n) is 4.26. The number of ether oxygens (including phenoxy) is 1. The lowest BCUT2D eigenvalue weighted by Crippen LogP contribution is -2.21. The van der Waals surface area contributed by atoms with Gasteiger partial charge in [0.25, 0.3) is 5.91 Å². The standard InChI is InChI=1S/C14H10F3NO4/c1-7-2-5-10(22-7)14(20)21-6-11(19)18-9-4-3-8(15)12(16)13(9)17/h2-5H,6H2,1H3,(H,18,19). The van der Waals surface area contributed by atoms with Gasteiger partial charge in [-0.3, -0.25) is 4.79 Å². The molecule has 8 heteroatoms. The molecule has 0 unspecified atom stereocenters. The van der Waals surface area contributed by atoms with Crippen molar-refractivity contribution in [2.75, 3.05) is 11.9 Å². The van der Waals surface area contributed by atoms with E-state index in [0.29, 0.717) is 11.8 Å². The Morgan fingerprint density at radius 2 is 1.86 bits per heavy atom. The number of nitrogens with one attached hydrogen (secondary N) is 1. The number of rotatable bonds is 4. The zero-order chi connectivity index (χ0) is 16.3. The van der Waals surface area contributed by atoms with Crippen molar-refractivity contribution in [1.82, 2.24) is 0 Å². The van der Waals surface area contributed by atoms with Crippen molar-refractivity contribution in [2.24, 2.45) is 0 Å². The van der Waals surface area contributed by atoms with Crippen molar-refractivity contribution in [2.45, 2.75) is 6.92 Å². The second kappa shape index (κ2) is 6.33. The molecular formula is C14H10F3NO4. The zero-order valence-electron chi connectivity index (χ0n) is 11.3. The van der Waals surface area contributed by atoms with Crippen LogP contribution in [-0.4, -0.2) is 18.5 Å². The molecule has 1 N–H and O–H groups in total. The van der Waals surface area contributed by atoms with E-state index in [0.717, 1.165) is 6.07 Å². The fourth-order valence-electron chi connectivity index (χ4n) is 1.56. The molecule has 0 atom stereocenters. The van der Waals surface area contributed by atoms with Gasteiger partial charge in [0.1, 0.15) is 5.76 Å². The number of amides is 1. The van der Waals surface area contributed by atoms with Crippen LogP contribution in [0, 0.1) is 24.4 Å². The molecule has 22 heavy (non-hydrogen) atoms. The monoisotopic (exact) mass is 313 g/mol. The molecule has 1 aromatic carbocycles. The van der Waals surface area contributed by atoms with Crippen molar-refractivity contribution in [3.05, 3.63) is 53.2 Å². The largest absolute Gasteiger partial charge is 0.454 e. The molecule has 0 radical (unpaired) electrons. The summed E-state index contributed by atoms with van der Waals surface area (Å²) in [5, 5.41) is 1.96. The topological polar surface area (TPSA) is 68.5 Å². The number of halogens is 3. The Bertz CT molecular complexity index is 727. The summed E-state index contributed by atoms with van der Waals surface area (Å²) in [5.41, 5.74) is -0.561. The number of carbonyl (C=O) groups is 2. The maximum atomic E-state index is 13.3. The summed E-state index contributed by atoms with van der Waals surface area (Å²) in [4.78, 5) is 23.0. The van der Waals surface area contributed by atoms with Gasteiger partial charge in [-0.2, -0.15) is 0 Å². The van der Waals surface area contributed by atoms with E-state index in [4.69, 9.17) is 4.42 Å². The predicted octanol–water partition coefficient (Wildman–Crippen LogP) is 2.80. The van der Waals surface area contributed by atoms with Crippen LogP contribution in [0.4, 0.5) is 18.9 Å². The minimum atomic E-state index is -1.71. The Labute approximate surface area is 122 Å². The third-order valence-electron chi connectivity index (χ3n) is 2.59. The Balaban J connectivity index is 1.94. The van der Waals surface area contributed by atoms with E-state index in [1.807, 2.05) is 5.32 Å². The molecular weight excluding hydrogens is 303 g/mol. The molecule has 0 aliphatic carbocycles. The van der Waals surface area contributed by atoms with Gasteiger partial charge >= 0.3 is 5.97 Å². The van der Waals surface area contributed by atoms with Crippen LogP contribution in [-0.2, 0) is 9.53 Å². The van der Waals surface area contributed by atoms with Crippen molar-refractivity contribution in [3.63, 3.8) is 0 Å². The van der Waals surface area contributed by atoms with E-state index < -0.39 is 41.6 Å². The van der Waals surface area contributed by atoms with Crippen LogP contribution in [0.1, 0.15) is 16.3 Å². The van der Waals surface area contributed by atoms with Crippen LogP contribution in [0.5, 0.6) is 0 Å². The Kier molecular flexibility index (Phi) is 4.50. The predicted molar refractivity (Wildman–Crippen MR) is 68.7 cm³/mol. The Morgan fingerprint density at radius 3 is 2.50 bits per heavy atom. The Hall–Kier alpha value is -2.77. The summed E-state index contributed by atoms with van der Waals surface area (Å²) in [5.74, 6) is -6.03. The summed E-state index contributed by atoms with van der Waals surface area (Å²) < 4.78 is 48.7. The van der Waals surface area contributed by atoms with Crippen LogP contribution < -0.4 is 5.32 Å². The van der Waals surface area contributed by atoms with Crippen LogP contribution in [0.3, 0.4) is 0 Å². The number of hydrogen-bond acceptors (Lipinski definition) is 4. The number of benzene rings is 1. The molecule has 116 valence electrons. The molecule has 0 bridgehead atoms. The normalized spacial score (nSPS) is 10.4. The van der Waals surface area contributed by atoms with Crippen molar-refractivity contribution >= 4 is 17.6 Å². The van der Waals surface area contributed by atoms with Crippen LogP contribution in [0.15, 0.2) is 28.7 Å². The van der Waals surface area contributed by atoms with Gasteiger partial charge in [-0.1, -0.05) is 0 Å². The first-order chi connectivity index (χ1) is 10.4. The molecule has 5 nitrogen and oxygen atoms in total. The first-order valence-corrected chi connectivity index (χ1v) is 6.05. The number of carbonyl (C=O) groups excluding carboxylic acids is 2. The van der Waals surface area contributed by atoms with Crippen LogP contribution in [0.2, 0.25) is 0 Å². The van der Waals surface area contributed by atoms with Gasteiger partial charge in [0.15, 0.2) is 24.1 Å². The number of anilines is 1. The summed E-state index contributed by atoms with van der Waals surface area (Å²) in [7, 11) is 0. The molecule has 0 aliphatic heterocycles. The third kappa shape index (κ3) is 3.46. The van der Waals surface area contributed by atoms with Gasteiger partial charge in [-0.15, -0.1) is 0 Å². The molecule has 0 saturated carbocycles. The van der Waals surface area contributed by atoms with Crippen molar-refractivity contribution in [1.29, 1.82) is 0 Å². The maximum Gasteiger partial charge on any atom is 0.374 e. The summed E-state index contributed by atoms with van der Waals surface area (Å²) in [6, 6.07) is 4.41. The molecule has 1 amide bonds. The number of furan rings is 1. The first-order valence-electron chi connectivity index (χ1n) is 6.05. The van der Waals surface area contributed by atoms with Gasteiger partial charge in [0, 0.05) is 0 Å². The molecule has 2 aromatic rings. The van der Waals surface area contributed by atoms with Crippen LogP contribution >= 0.6 is 0 Å². The first kappa shape index (κ1) is 15.6. The zero-order valence-corrected chi connectivity index (χ0v) is 11.3. The average molecular weight is 313 g/mol. The number of aryl methyl sites for hydroxylation is 1. The van der Waals surface area contributed by atoms with E-state index in [9.17, 15) is 22.8 Å². The fraction of sp³-hybridized carbons (Fsp3) is 0.143. The van der Waals surface area contributed by atoms with Crippen LogP contribution in [0.25, 0.3) is 0 Å².